The molecule has 5 nitrogen and oxygen atoms in total. The number of nitrogens with zero attached hydrogens (tertiary/aromatic N) is 5. The monoisotopic (exact) mass is 706 g/mol. The predicted molar refractivity (Wildman–Crippen MR) is 190 cm³/mol. The standard InChI is InChI=1S/C35H70N5.F6P/c1-3-5-7-9-11-13-15-17-19-21-23-25-27-29-31-39-33-34-40(35(39)37-38-36)32-30-28-26-24-22-20-18-16-14-12-10-8-6-4-2;1-7(2,3,4,5)6/h3-34H2,1-2H3;/q+1;-1. The van der Waals surface area contributed by atoms with Gasteiger partial charge in [0, 0.05) is 10.0 Å². The van der Waals surface area contributed by atoms with Crippen molar-refractivity contribution in [3.05, 3.63) is 10.4 Å². The van der Waals surface area contributed by atoms with Crippen LogP contribution in [0.2, 0.25) is 0 Å². The fraction of sp³-hybridized carbons (Fsp3) is 0.971. The Labute approximate surface area is 283 Å². The average molecular weight is 706 g/mol. The van der Waals surface area contributed by atoms with Gasteiger partial charge in [0.25, 0.3) is 5.96 Å². The Morgan fingerprint density at radius 2 is 0.851 bits per heavy atom. The van der Waals surface area contributed by atoms with Crippen LogP contribution in [-0.4, -0.2) is 41.6 Å². The quantitative estimate of drug-likeness (QED) is 0.0140. The molecule has 0 aromatic heterocycles. The van der Waals surface area contributed by atoms with Gasteiger partial charge in [-0.2, -0.15) is 0 Å². The van der Waals surface area contributed by atoms with E-state index in [4.69, 9.17) is 5.53 Å². The Hall–Kier alpha value is -1.21. The van der Waals surface area contributed by atoms with Gasteiger partial charge in [0.05, 0.1) is 26.2 Å². The molecule has 0 spiro atoms. The Balaban J connectivity index is 0.00000270. The van der Waals surface area contributed by atoms with Crippen LogP contribution in [0.25, 0.3) is 10.4 Å². The molecule has 0 radical (unpaired) electrons. The molecule has 0 bridgehead atoms. The Kier molecular flexibility index (Phi) is 25.9. The van der Waals surface area contributed by atoms with Gasteiger partial charge in [-0.3, -0.25) is 9.48 Å². The minimum atomic E-state index is -10.7. The normalized spacial score (nSPS) is 14.9. The molecule has 0 aromatic carbocycles. The number of hydrogen-bond donors (Lipinski definition) is 0. The summed E-state index contributed by atoms with van der Waals surface area (Å²) in [6.45, 7) is 8.71. The zero-order chi connectivity index (χ0) is 35.2. The fourth-order valence-corrected chi connectivity index (χ4v) is 6.23. The van der Waals surface area contributed by atoms with Gasteiger partial charge in [-0.25, -0.2) is 0 Å². The number of halogens is 6. The third kappa shape index (κ3) is 37.5. The molecule has 0 N–H and O–H groups in total. The van der Waals surface area contributed by atoms with Crippen molar-refractivity contribution in [2.45, 2.75) is 194 Å². The van der Waals surface area contributed by atoms with Gasteiger partial charge >= 0.3 is 33.0 Å². The van der Waals surface area contributed by atoms with E-state index in [0.29, 0.717) is 0 Å². The minimum absolute atomic E-state index is 0.895. The fourth-order valence-electron chi connectivity index (χ4n) is 6.23. The second kappa shape index (κ2) is 26.6. The maximum atomic E-state index is 9.87. The molecule has 1 heterocycles. The molecule has 0 atom stereocenters. The Morgan fingerprint density at radius 3 is 1.17 bits per heavy atom. The van der Waals surface area contributed by atoms with Crippen molar-refractivity contribution in [2.24, 2.45) is 5.11 Å². The first kappa shape index (κ1) is 45.8. The molecule has 47 heavy (non-hydrogen) atoms. The predicted octanol–water partition coefficient (Wildman–Crippen LogP) is 15.3. The topological polar surface area (TPSA) is 55.0 Å². The van der Waals surface area contributed by atoms with E-state index in [-0.39, 0.29) is 0 Å². The SMILES string of the molecule is CCCCCCCCCCCCCCCCN1CC[N+](CCCCCCCCCCCCCCCC)=C1N=[N+]=[N-].F[P-](F)(F)(F)(F)F. The van der Waals surface area contributed by atoms with Crippen LogP contribution in [0.1, 0.15) is 194 Å². The second-order valence-electron chi connectivity index (χ2n) is 13.6. The summed E-state index contributed by atoms with van der Waals surface area (Å²) in [5.41, 5.74) is 9.14. The third-order valence-corrected chi connectivity index (χ3v) is 8.90. The van der Waals surface area contributed by atoms with Gasteiger partial charge in [0.1, 0.15) is 0 Å². The van der Waals surface area contributed by atoms with E-state index in [2.05, 4.69) is 33.3 Å². The third-order valence-electron chi connectivity index (χ3n) is 8.90. The van der Waals surface area contributed by atoms with Gasteiger partial charge in [-0.15, -0.1) is 0 Å². The maximum absolute atomic E-state index is 10.7. The van der Waals surface area contributed by atoms with Crippen LogP contribution in [-0.2, 0) is 0 Å². The first-order valence-corrected chi connectivity index (χ1v) is 21.3. The summed E-state index contributed by atoms with van der Waals surface area (Å²) in [5, 5.41) is 4.10. The van der Waals surface area contributed by atoms with Crippen molar-refractivity contribution in [1.82, 2.24) is 4.90 Å². The van der Waals surface area contributed by atoms with Gasteiger partial charge in [0.2, 0.25) is 0 Å². The van der Waals surface area contributed by atoms with E-state index in [1.54, 1.807) is 0 Å². The molecule has 1 aliphatic rings. The van der Waals surface area contributed by atoms with Crippen molar-refractivity contribution < 1.29 is 29.8 Å². The molecule has 0 aromatic rings. The first-order chi connectivity index (χ1) is 22.3. The van der Waals surface area contributed by atoms with Crippen LogP contribution in [0.15, 0.2) is 5.11 Å². The molecular weight excluding hydrogens is 635 g/mol. The molecule has 1 aliphatic heterocycles. The summed E-state index contributed by atoms with van der Waals surface area (Å²) in [6, 6.07) is 0. The summed E-state index contributed by atoms with van der Waals surface area (Å²) in [5.74, 6) is 0.895. The zero-order valence-corrected chi connectivity index (χ0v) is 31.0. The van der Waals surface area contributed by atoms with E-state index in [9.17, 15) is 25.2 Å². The molecule has 0 fully saturated rings. The summed E-state index contributed by atoms with van der Waals surface area (Å²) >= 11 is 0. The number of hydrogen-bond acceptors (Lipinski definition) is 2. The van der Waals surface area contributed by atoms with E-state index < -0.39 is 7.81 Å². The molecule has 282 valence electrons. The molecule has 0 unspecified atom stereocenters. The molecule has 0 saturated heterocycles. The van der Waals surface area contributed by atoms with Crippen molar-refractivity contribution in [3.8, 4) is 0 Å². The van der Waals surface area contributed by atoms with Gasteiger partial charge in [-0.05, 0) is 18.4 Å². The Bertz CT molecular complexity index is 821. The van der Waals surface area contributed by atoms with Gasteiger partial charge in [-0.1, -0.05) is 181 Å². The van der Waals surface area contributed by atoms with Crippen LogP contribution in [0.3, 0.4) is 0 Å². The first-order valence-electron chi connectivity index (χ1n) is 19.3. The molecule has 0 amide bonds. The van der Waals surface area contributed by atoms with Crippen LogP contribution in [0, 0.1) is 0 Å². The number of azide groups is 1. The molecule has 0 saturated carbocycles. The van der Waals surface area contributed by atoms with E-state index in [1.165, 1.54) is 180 Å². The average Bonchev–Trinajstić information content (AvgIpc) is 3.37. The number of unbranched alkanes of at least 4 members (excludes halogenated alkanes) is 26. The molecule has 1 rings (SSSR count). The molecule has 0 aliphatic carbocycles. The van der Waals surface area contributed by atoms with Crippen molar-refractivity contribution in [1.29, 1.82) is 0 Å². The van der Waals surface area contributed by atoms with Crippen molar-refractivity contribution >= 4 is 13.8 Å². The van der Waals surface area contributed by atoms with Crippen molar-refractivity contribution in [3.63, 3.8) is 0 Å². The summed E-state index contributed by atoms with van der Waals surface area (Å²) < 4.78 is 61.5. The van der Waals surface area contributed by atoms with Crippen LogP contribution in [0.4, 0.5) is 25.2 Å². The molecular formula is C35H70F6N5P. The summed E-state index contributed by atoms with van der Waals surface area (Å²) in [4.78, 5) is 5.50. The van der Waals surface area contributed by atoms with E-state index in [1.807, 2.05) is 0 Å². The number of guanidine groups is 1. The van der Waals surface area contributed by atoms with Crippen LogP contribution >= 0.6 is 7.81 Å². The van der Waals surface area contributed by atoms with E-state index in [0.717, 1.165) is 32.1 Å². The molecule has 12 heteroatoms. The van der Waals surface area contributed by atoms with Gasteiger partial charge in [0.15, 0.2) is 0 Å². The summed E-state index contributed by atoms with van der Waals surface area (Å²) in [6.07, 6.45) is 39.0. The summed E-state index contributed by atoms with van der Waals surface area (Å²) in [7, 11) is -10.7. The number of rotatable bonds is 30. The second-order valence-corrected chi connectivity index (χ2v) is 15.5. The van der Waals surface area contributed by atoms with Crippen molar-refractivity contribution in [2.75, 3.05) is 26.2 Å². The van der Waals surface area contributed by atoms with E-state index >= 15 is 0 Å². The zero-order valence-electron chi connectivity index (χ0n) is 30.1. The van der Waals surface area contributed by atoms with Crippen LogP contribution < -0.4 is 0 Å². The van der Waals surface area contributed by atoms with Gasteiger partial charge < -0.3 is 0 Å². The Morgan fingerprint density at radius 1 is 0.553 bits per heavy atom. The van der Waals surface area contributed by atoms with Crippen LogP contribution in [0.5, 0.6) is 0 Å².